The minimum absolute atomic E-state index is 0.102. The predicted octanol–water partition coefficient (Wildman–Crippen LogP) is 3.05. The molecule has 6 nitrogen and oxygen atoms in total. The highest BCUT2D eigenvalue weighted by Crippen LogP contribution is 2.19. The Hall–Kier alpha value is -2.41. The third-order valence-electron chi connectivity index (χ3n) is 4.19. The third kappa shape index (κ3) is 4.82. The number of carbonyl (C=O) groups excluding carboxylic acids is 2. The fraction of sp³-hybridized carbons (Fsp3) is 0.368. The Morgan fingerprint density at radius 2 is 1.77 bits per heavy atom. The maximum Gasteiger partial charge on any atom is 0.251 e. The molecule has 0 unspecified atom stereocenters. The van der Waals surface area contributed by atoms with Crippen molar-refractivity contribution < 1.29 is 9.59 Å². The summed E-state index contributed by atoms with van der Waals surface area (Å²) in [6.07, 6.45) is 2.84. The van der Waals surface area contributed by atoms with Gasteiger partial charge < -0.3 is 10.6 Å². The third-order valence-corrected chi connectivity index (χ3v) is 4.73. The zero-order valence-electron chi connectivity index (χ0n) is 15.8. The first-order valence-electron chi connectivity index (χ1n) is 8.36. The number of hydrogen-bond acceptors (Lipinski definition) is 5. The van der Waals surface area contributed by atoms with Gasteiger partial charge >= 0.3 is 0 Å². The first-order valence-corrected chi connectivity index (χ1v) is 9.58. The number of aromatic nitrogens is 2. The van der Waals surface area contributed by atoms with Crippen LogP contribution in [0.25, 0.3) is 0 Å². The Kier molecular flexibility index (Phi) is 6.74. The average molecular weight is 372 g/mol. The number of benzene rings is 1. The quantitative estimate of drug-likeness (QED) is 0.601. The van der Waals surface area contributed by atoms with Crippen molar-refractivity contribution in [2.45, 2.75) is 38.8 Å². The second-order valence-corrected chi connectivity index (χ2v) is 6.79. The van der Waals surface area contributed by atoms with Gasteiger partial charge in [0.05, 0.1) is 0 Å². The molecule has 2 aromatic rings. The lowest BCUT2D eigenvalue weighted by molar-refractivity contribution is -0.116. The van der Waals surface area contributed by atoms with Crippen LogP contribution in [0.4, 0.5) is 5.69 Å². The van der Waals surface area contributed by atoms with E-state index in [2.05, 4.69) is 20.6 Å². The van der Waals surface area contributed by atoms with Crippen LogP contribution in [0.1, 0.15) is 39.3 Å². The number of nitrogens with one attached hydrogen (secondary N) is 2. The fourth-order valence-electron chi connectivity index (χ4n) is 2.66. The summed E-state index contributed by atoms with van der Waals surface area (Å²) in [6, 6.07) is 5.25. The zero-order chi connectivity index (χ0) is 19.3. The minimum atomic E-state index is -0.183. The molecular weight excluding hydrogens is 348 g/mol. The number of anilines is 1. The van der Waals surface area contributed by atoms with Gasteiger partial charge in [0, 0.05) is 36.1 Å². The predicted molar refractivity (Wildman–Crippen MR) is 105 cm³/mol. The van der Waals surface area contributed by atoms with E-state index in [4.69, 9.17) is 0 Å². The molecule has 1 heterocycles. The Balaban J connectivity index is 2.07. The lowest BCUT2D eigenvalue weighted by Gasteiger charge is -2.12. The summed E-state index contributed by atoms with van der Waals surface area (Å²) in [7, 11) is 1.58. The highest BCUT2D eigenvalue weighted by molar-refractivity contribution is 7.98. The van der Waals surface area contributed by atoms with Crippen molar-refractivity contribution in [2.24, 2.45) is 0 Å². The van der Waals surface area contributed by atoms with Gasteiger partial charge in [-0.25, -0.2) is 9.97 Å². The van der Waals surface area contributed by atoms with Gasteiger partial charge in [-0.1, -0.05) is 17.8 Å². The summed E-state index contributed by atoms with van der Waals surface area (Å²) in [4.78, 5) is 33.0. The van der Waals surface area contributed by atoms with Crippen LogP contribution >= 0.6 is 11.8 Å². The van der Waals surface area contributed by atoms with Crippen LogP contribution in [0.2, 0.25) is 0 Å². The van der Waals surface area contributed by atoms with Gasteiger partial charge in [-0.3, -0.25) is 9.59 Å². The van der Waals surface area contributed by atoms with Crippen molar-refractivity contribution in [1.82, 2.24) is 15.3 Å². The van der Waals surface area contributed by atoms with Crippen LogP contribution in [-0.4, -0.2) is 35.1 Å². The number of thioether (sulfide) groups is 1. The number of amides is 2. The standard InChI is InChI=1S/C19H24N4O2S/c1-11-6-7-14(18(25)20-4)10-16(11)23-17(24)9-8-15-12(2)21-19(26-5)22-13(15)3/h6-7,10H,8-9H2,1-5H3,(H,20,25)(H,23,24). The van der Waals surface area contributed by atoms with Crippen LogP contribution in [-0.2, 0) is 11.2 Å². The number of rotatable bonds is 6. The molecule has 1 aromatic carbocycles. The van der Waals surface area contributed by atoms with E-state index in [1.807, 2.05) is 33.1 Å². The van der Waals surface area contributed by atoms with Crippen molar-refractivity contribution in [3.63, 3.8) is 0 Å². The number of hydrogen-bond donors (Lipinski definition) is 2. The fourth-order valence-corrected chi connectivity index (χ4v) is 3.11. The SMILES string of the molecule is CNC(=O)c1ccc(C)c(NC(=O)CCc2c(C)nc(SC)nc2C)c1. The van der Waals surface area contributed by atoms with Crippen LogP contribution in [0.5, 0.6) is 0 Å². The van der Waals surface area contributed by atoms with Crippen LogP contribution in [0.15, 0.2) is 23.4 Å². The summed E-state index contributed by atoms with van der Waals surface area (Å²) in [5.41, 5.74) is 4.90. The van der Waals surface area contributed by atoms with Crippen LogP contribution in [0, 0.1) is 20.8 Å². The summed E-state index contributed by atoms with van der Waals surface area (Å²) >= 11 is 1.50. The monoisotopic (exact) mass is 372 g/mol. The van der Waals surface area contributed by atoms with Gasteiger partial charge in [-0.05, 0) is 56.7 Å². The highest BCUT2D eigenvalue weighted by atomic mass is 32.2. The van der Waals surface area contributed by atoms with E-state index < -0.39 is 0 Å². The van der Waals surface area contributed by atoms with Crippen molar-refractivity contribution in [1.29, 1.82) is 0 Å². The molecule has 2 amide bonds. The van der Waals surface area contributed by atoms with Gasteiger partial charge in [-0.2, -0.15) is 0 Å². The van der Waals surface area contributed by atoms with Crippen molar-refractivity contribution in [3.8, 4) is 0 Å². The maximum atomic E-state index is 12.4. The molecule has 2 rings (SSSR count). The van der Waals surface area contributed by atoms with E-state index in [-0.39, 0.29) is 11.8 Å². The van der Waals surface area contributed by atoms with Gasteiger partial charge in [0.1, 0.15) is 0 Å². The maximum absolute atomic E-state index is 12.4. The lowest BCUT2D eigenvalue weighted by Crippen LogP contribution is -2.19. The van der Waals surface area contributed by atoms with E-state index in [1.165, 1.54) is 11.8 Å². The smallest absolute Gasteiger partial charge is 0.251 e. The van der Waals surface area contributed by atoms with Crippen LogP contribution < -0.4 is 10.6 Å². The van der Waals surface area contributed by atoms with Gasteiger partial charge in [0.25, 0.3) is 5.91 Å². The Morgan fingerprint density at radius 1 is 1.12 bits per heavy atom. The van der Waals surface area contributed by atoms with E-state index in [9.17, 15) is 9.59 Å². The molecule has 0 saturated carbocycles. The molecule has 0 aliphatic heterocycles. The molecule has 1 aromatic heterocycles. The molecule has 0 saturated heterocycles. The van der Waals surface area contributed by atoms with Crippen molar-refractivity contribution in [2.75, 3.05) is 18.6 Å². The molecule has 0 aliphatic rings. The molecule has 138 valence electrons. The lowest BCUT2D eigenvalue weighted by atomic mass is 10.1. The second kappa shape index (κ2) is 8.80. The Labute approximate surface area is 158 Å². The highest BCUT2D eigenvalue weighted by Gasteiger charge is 2.12. The first kappa shape index (κ1) is 19.9. The molecular formula is C19H24N4O2S. The minimum Gasteiger partial charge on any atom is -0.355 e. The Bertz CT molecular complexity index is 813. The van der Waals surface area contributed by atoms with Gasteiger partial charge in [0.15, 0.2) is 5.16 Å². The van der Waals surface area contributed by atoms with Gasteiger partial charge in [0.2, 0.25) is 5.91 Å². The van der Waals surface area contributed by atoms with Gasteiger partial charge in [-0.15, -0.1) is 0 Å². The van der Waals surface area contributed by atoms with E-state index in [0.29, 0.717) is 24.1 Å². The van der Waals surface area contributed by atoms with E-state index in [1.54, 1.807) is 19.2 Å². The first-order chi connectivity index (χ1) is 12.3. The molecule has 0 fully saturated rings. The molecule has 26 heavy (non-hydrogen) atoms. The number of nitrogens with zero attached hydrogens (tertiary/aromatic N) is 2. The largest absolute Gasteiger partial charge is 0.355 e. The summed E-state index contributed by atoms with van der Waals surface area (Å²) in [5, 5.41) is 6.23. The van der Waals surface area contributed by atoms with E-state index >= 15 is 0 Å². The summed E-state index contributed by atoms with van der Waals surface area (Å²) in [5.74, 6) is -0.285. The molecule has 0 spiro atoms. The molecule has 0 radical (unpaired) electrons. The topological polar surface area (TPSA) is 84.0 Å². The number of carbonyl (C=O) groups is 2. The normalized spacial score (nSPS) is 10.5. The Morgan fingerprint density at radius 3 is 2.35 bits per heavy atom. The van der Waals surface area contributed by atoms with Crippen LogP contribution in [0.3, 0.4) is 0 Å². The molecule has 0 aliphatic carbocycles. The molecule has 0 atom stereocenters. The average Bonchev–Trinajstić information content (AvgIpc) is 2.61. The van der Waals surface area contributed by atoms with Crippen molar-refractivity contribution >= 4 is 29.3 Å². The molecule has 0 bridgehead atoms. The summed E-state index contributed by atoms with van der Waals surface area (Å²) < 4.78 is 0. The zero-order valence-corrected chi connectivity index (χ0v) is 16.6. The van der Waals surface area contributed by atoms with Crippen molar-refractivity contribution in [3.05, 3.63) is 46.3 Å². The molecule has 7 heteroatoms. The summed E-state index contributed by atoms with van der Waals surface area (Å²) in [6.45, 7) is 5.78. The number of aryl methyl sites for hydroxylation is 3. The van der Waals surface area contributed by atoms with E-state index in [0.717, 1.165) is 27.7 Å². The molecule has 2 N–H and O–H groups in total. The second-order valence-electron chi connectivity index (χ2n) is 6.02.